The lowest BCUT2D eigenvalue weighted by atomic mass is 9.97. The molecule has 1 aromatic heterocycles. The zero-order valence-corrected chi connectivity index (χ0v) is 15.8. The van der Waals surface area contributed by atoms with Crippen LogP contribution in [-0.4, -0.2) is 15.9 Å². The first-order valence-corrected chi connectivity index (χ1v) is 9.37. The van der Waals surface area contributed by atoms with E-state index in [-0.39, 0.29) is 0 Å². The Morgan fingerprint density at radius 1 is 1.00 bits per heavy atom. The van der Waals surface area contributed by atoms with E-state index in [1.165, 1.54) is 0 Å². The standard InChI is InChI=1S/C24H21N4O/c25-23(29)22-7-2-1-5-19(22)9-8-17-4-3-6-20(16-17)18-10-12-21(13-11-18)28-24-26-14-15-27-24/h1-8,10-16H,9H2,(H2,25,29)(H2,26,27,28). The second-order valence-corrected chi connectivity index (χ2v) is 6.70. The lowest BCUT2D eigenvalue weighted by Gasteiger charge is -2.09. The van der Waals surface area contributed by atoms with Gasteiger partial charge in [-0.2, -0.15) is 0 Å². The number of benzene rings is 3. The van der Waals surface area contributed by atoms with E-state index < -0.39 is 5.91 Å². The zero-order valence-electron chi connectivity index (χ0n) is 15.8. The second kappa shape index (κ2) is 8.44. The van der Waals surface area contributed by atoms with Gasteiger partial charge in [-0.3, -0.25) is 4.79 Å². The molecule has 0 aliphatic carbocycles. The van der Waals surface area contributed by atoms with Gasteiger partial charge in [0.05, 0.1) is 0 Å². The van der Waals surface area contributed by atoms with Gasteiger partial charge in [-0.05, 0) is 53.3 Å². The van der Waals surface area contributed by atoms with Gasteiger partial charge in [-0.15, -0.1) is 0 Å². The maximum absolute atomic E-state index is 11.6. The number of primary amides is 1. The van der Waals surface area contributed by atoms with Crippen LogP contribution in [-0.2, 0) is 6.42 Å². The topological polar surface area (TPSA) is 83.8 Å². The van der Waals surface area contributed by atoms with Crippen LogP contribution in [0.3, 0.4) is 0 Å². The highest BCUT2D eigenvalue weighted by Gasteiger charge is 2.08. The molecule has 0 unspecified atom stereocenters. The molecule has 0 aliphatic rings. The summed E-state index contributed by atoms with van der Waals surface area (Å²) >= 11 is 0. The average Bonchev–Trinajstić information content (AvgIpc) is 3.26. The maximum Gasteiger partial charge on any atom is 0.248 e. The summed E-state index contributed by atoms with van der Waals surface area (Å²) in [5.41, 5.74) is 11.3. The molecule has 0 spiro atoms. The molecule has 0 atom stereocenters. The van der Waals surface area contributed by atoms with Gasteiger partial charge in [0.15, 0.2) is 0 Å². The van der Waals surface area contributed by atoms with Crippen LogP contribution in [0.15, 0.2) is 85.2 Å². The number of aromatic amines is 1. The first-order chi connectivity index (χ1) is 14.2. The van der Waals surface area contributed by atoms with E-state index in [2.05, 4.69) is 52.0 Å². The first kappa shape index (κ1) is 18.5. The Balaban J connectivity index is 1.47. The average molecular weight is 381 g/mol. The van der Waals surface area contributed by atoms with Crippen molar-refractivity contribution in [2.75, 3.05) is 5.32 Å². The molecule has 3 aromatic carbocycles. The van der Waals surface area contributed by atoms with Crippen LogP contribution in [0, 0.1) is 6.42 Å². The number of rotatable bonds is 7. The van der Waals surface area contributed by atoms with E-state index in [0.29, 0.717) is 17.9 Å². The van der Waals surface area contributed by atoms with E-state index >= 15 is 0 Å². The monoisotopic (exact) mass is 381 g/mol. The summed E-state index contributed by atoms with van der Waals surface area (Å²) in [6.07, 6.45) is 6.24. The summed E-state index contributed by atoms with van der Waals surface area (Å²) in [4.78, 5) is 18.8. The molecule has 4 rings (SSSR count). The normalized spacial score (nSPS) is 10.6. The Bertz CT molecular complexity index is 1100. The lowest BCUT2D eigenvalue weighted by molar-refractivity contribution is 0.0999. The minimum Gasteiger partial charge on any atom is -0.366 e. The van der Waals surface area contributed by atoms with Gasteiger partial charge < -0.3 is 16.0 Å². The highest BCUT2D eigenvalue weighted by Crippen LogP contribution is 2.24. The molecule has 29 heavy (non-hydrogen) atoms. The number of aromatic nitrogens is 2. The third kappa shape index (κ3) is 4.52. The summed E-state index contributed by atoms with van der Waals surface area (Å²) in [5.74, 6) is 0.316. The van der Waals surface area contributed by atoms with Gasteiger partial charge in [0.1, 0.15) is 0 Å². The van der Waals surface area contributed by atoms with Crippen LogP contribution in [0.25, 0.3) is 11.1 Å². The van der Waals surface area contributed by atoms with Crippen molar-refractivity contribution >= 4 is 17.5 Å². The van der Waals surface area contributed by atoms with E-state index in [0.717, 1.165) is 27.9 Å². The molecule has 0 saturated carbocycles. The number of nitrogens with zero attached hydrogens (tertiary/aromatic N) is 1. The minimum atomic E-state index is -0.397. The van der Waals surface area contributed by atoms with E-state index in [1.807, 2.05) is 36.4 Å². The molecule has 0 fully saturated rings. The molecular formula is C24H21N4O. The molecule has 1 amide bonds. The fraction of sp³-hybridized carbons (Fsp3) is 0.0417. The molecule has 4 N–H and O–H groups in total. The van der Waals surface area contributed by atoms with Crippen molar-refractivity contribution < 1.29 is 4.79 Å². The van der Waals surface area contributed by atoms with Crippen molar-refractivity contribution in [1.29, 1.82) is 0 Å². The molecule has 0 aliphatic heterocycles. The summed E-state index contributed by atoms with van der Waals surface area (Å²) in [6.45, 7) is 0. The highest BCUT2D eigenvalue weighted by molar-refractivity contribution is 5.94. The van der Waals surface area contributed by atoms with Crippen molar-refractivity contribution in [1.82, 2.24) is 9.97 Å². The third-order valence-corrected chi connectivity index (χ3v) is 4.71. The molecule has 5 nitrogen and oxygen atoms in total. The van der Waals surface area contributed by atoms with Crippen LogP contribution in [0.5, 0.6) is 0 Å². The van der Waals surface area contributed by atoms with Crippen molar-refractivity contribution in [2.24, 2.45) is 5.73 Å². The van der Waals surface area contributed by atoms with Crippen LogP contribution in [0.4, 0.5) is 11.6 Å². The fourth-order valence-electron chi connectivity index (χ4n) is 3.23. The number of hydrogen-bond donors (Lipinski definition) is 3. The Hall–Kier alpha value is -3.86. The van der Waals surface area contributed by atoms with Crippen LogP contribution >= 0.6 is 0 Å². The molecule has 0 bridgehead atoms. The lowest BCUT2D eigenvalue weighted by Crippen LogP contribution is -2.13. The summed E-state index contributed by atoms with van der Waals surface area (Å²) < 4.78 is 0. The van der Waals surface area contributed by atoms with Crippen molar-refractivity contribution in [3.05, 3.63) is 108 Å². The third-order valence-electron chi connectivity index (χ3n) is 4.71. The van der Waals surface area contributed by atoms with Crippen LogP contribution in [0.2, 0.25) is 0 Å². The van der Waals surface area contributed by atoms with E-state index in [4.69, 9.17) is 5.73 Å². The molecular weight excluding hydrogens is 360 g/mol. The van der Waals surface area contributed by atoms with Gasteiger partial charge in [0, 0.05) is 23.6 Å². The fourth-order valence-corrected chi connectivity index (χ4v) is 3.23. The largest absolute Gasteiger partial charge is 0.366 e. The Kier molecular flexibility index (Phi) is 5.38. The van der Waals surface area contributed by atoms with Crippen molar-refractivity contribution in [2.45, 2.75) is 6.42 Å². The number of carbonyl (C=O) groups is 1. The van der Waals surface area contributed by atoms with Gasteiger partial charge in [-0.1, -0.05) is 54.6 Å². The maximum atomic E-state index is 11.6. The minimum absolute atomic E-state index is 0.397. The summed E-state index contributed by atoms with van der Waals surface area (Å²) in [5, 5.41) is 3.22. The quantitative estimate of drug-likeness (QED) is 0.433. The Morgan fingerprint density at radius 2 is 1.83 bits per heavy atom. The SMILES string of the molecule is NC(=O)c1ccccc1C[CH]c1cccc(-c2ccc(Nc3ncc[nH]3)cc2)c1. The van der Waals surface area contributed by atoms with Gasteiger partial charge in [0.25, 0.3) is 0 Å². The van der Waals surface area contributed by atoms with Crippen molar-refractivity contribution in [3.8, 4) is 11.1 Å². The summed E-state index contributed by atoms with van der Waals surface area (Å²) in [7, 11) is 0. The van der Waals surface area contributed by atoms with Gasteiger partial charge in [0.2, 0.25) is 11.9 Å². The number of carbonyl (C=O) groups excluding carboxylic acids is 1. The second-order valence-electron chi connectivity index (χ2n) is 6.70. The Morgan fingerprint density at radius 3 is 2.59 bits per heavy atom. The van der Waals surface area contributed by atoms with Crippen molar-refractivity contribution in [3.63, 3.8) is 0 Å². The smallest absolute Gasteiger partial charge is 0.248 e. The van der Waals surface area contributed by atoms with Gasteiger partial charge in [-0.25, -0.2) is 4.98 Å². The number of H-pyrrole nitrogens is 1. The van der Waals surface area contributed by atoms with E-state index in [9.17, 15) is 4.79 Å². The molecule has 1 radical (unpaired) electrons. The predicted molar refractivity (Wildman–Crippen MR) is 116 cm³/mol. The van der Waals surface area contributed by atoms with Crippen LogP contribution < -0.4 is 11.1 Å². The molecule has 0 saturated heterocycles. The Labute approximate surface area is 169 Å². The molecule has 1 heterocycles. The number of nitrogens with two attached hydrogens (primary N) is 1. The van der Waals surface area contributed by atoms with Gasteiger partial charge >= 0.3 is 0 Å². The molecule has 5 heteroatoms. The number of hydrogen-bond acceptors (Lipinski definition) is 3. The zero-order chi connectivity index (χ0) is 20.1. The summed E-state index contributed by atoms with van der Waals surface area (Å²) in [6, 6.07) is 24.0. The predicted octanol–water partition coefficient (Wildman–Crippen LogP) is 4.71. The number of amides is 1. The first-order valence-electron chi connectivity index (χ1n) is 9.37. The molecule has 4 aromatic rings. The number of anilines is 2. The van der Waals surface area contributed by atoms with Crippen LogP contribution in [0.1, 0.15) is 21.5 Å². The highest BCUT2D eigenvalue weighted by atomic mass is 16.1. The molecule has 143 valence electrons. The number of imidazole rings is 1. The van der Waals surface area contributed by atoms with E-state index in [1.54, 1.807) is 18.5 Å². The number of nitrogens with one attached hydrogen (secondary N) is 2.